The monoisotopic (exact) mass is 342 g/mol. The molecule has 0 radical (unpaired) electrons. The van der Waals surface area contributed by atoms with Gasteiger partial charge in [0.25, 0.3) is 0 Å². The molecule has 0 fully saturated rings. The van der Waals surface area contributed by atoms with E-state index < -0.39 is 0 Å². The molecule has 6 heteroatoms. The summed E-state index contributed by atoms with van der Waals surface area (Å²) in [6, 6.07) is 19.4. The third-order valence-electron chi connectivity index (χ3n) is 3.17. The van der Waals surface area contributed by atoms with Gasteiger partial charge in [0.15, 0.2) is 10.9 Å². The quantitative estimate of drug-likeness (QED) is 0.690. The zero-order valence-corrected chi connectivity index (χ0v) is 13.8. The fraction of sp³-hybridized carbons (Fsp3) is 0.0588. The van der Waals surface area contributed by atoms with Crippen molar-refractivity contribution in [1.82, 2.24) is 9.78 Å². The average molecular weight is 343 g/mol. The third-order valence-corrected chi connectivity index (χ3v) is 3.63. The summed E-state index contributed by atoms with van der Waals surface area (Å²) in [4.78, 5) is 0. The number of rotatable bonds is 4. The summed E-state index contributed by atoms with van der Waals surface area (Å²) in [5.41, 5.74) is 2.07. The van der Waals surface area contributed by atoms with Gasteiger partial charge in [-0.05, 0) is 42.0 Å². The van der Waals surface area contributed by atoms with Crippen molar-refractivity contribution in [2.24, 2.45) is 0 Å². The van der Waals surface area contributed by atoms with Crippen molar-refractivity contribution in [2.45, 2.75) is 6.54 Å². The Morgan fingerprint density at radius 1 is 1.00 bits per heavy atom. The molecular weight excluding hydrogens is 328 g/mol. The molecule has 0 amide bonds. The Morgan fingerprint density at radius 2 is 1.74 bits per heavy atom. The van der Waals surface area contributed by atoms with E-state index >= 15 is 0 Å². The van der Waals surface area contributed by atoms with Gasteiger partial charge in [-0.15, -0.1) is 0 Å². The number of anilines is 2. The van der Waals surface area contributed by atoms with Crippen LogP contribution in [0.25, 0.3) is 0 Å². The molecule has 0 aliphatic carbocycles. The number of aromatic nitrogens is 2. The van der Waals surface area contributed by atoms with E-state index in [2.05, 4.69) is 15.7 Å². The maximum atomic E-state index is 5.89. The molecule has 3 rings (SSSR count). The van der Waals surface area contributed by atoms with Crippen molar-refractivity contribution in [3.63, 3.8) is 0 Å². The van der Waals surface area contributed by atoms with Crippen molar-refractivity contribution in [3.8, 4) is 0 Å². The molecule has 2 N–H and O–H groups in total. The number of hydrogen-bond donors (Lipinski definition) is 2. The summed E-state index contributed by atoms with van der Waals surface area (Å²) in [6.07, 6.45) is 1.90. The van der Waals surface area contributed by atoms with Crippen LogP contribution < -0.4 is 10.6 Å². The lowest BCUT2D eigenvalue weighted by Crippen LogP contribution is -2.19. The molecule has 116 valence electrons. The number of hydrogen-bond acceptors (Lipinski definition) is 2. The van der Waals surface area contributed by atoms with Gasteiger partial charge in [0.05, 0.1) is 6.54 Å². The number of nitrogens with zero attached hydrogens (tertiary/aromatic N) is 2. The molecule has 0 saturated heterocycles. The lowest BCUT2D eigenvalue weighted by atomic mass is 10.2. The standard InChI is InChI=1S/C17H15ClN4S/c18-14-8-6-13(7-9-14)12-22-11-10-16(21-22)20-17(23)19-15-4-2-1-3-5-15/h1-11H,12H2,(H2,19,20,21,23). The predicted octanol–water partition coefficient (Wildman–Crippen LogP) is 4.39. The predicted molar refractivity (Wildman–Crippen MR) is 99.1 cm³/mol. The van der Waals surface area contributed by atoms with Gasteiger partial charge in [-0.3, -0.25) is 4.68 Å². The second kappa shape index (κ2) is 7.26. The van der Waals surface area contributed by atoms with Crippen LogP contribution in [0.15, 0.2) is 66.9 Å². The summed E-state index contributed by atoms with van der Waals surface area (Å²) in [7, 11) is 0. The topological polar surface area (TPSA) is 41.9 Å². The molecule has 4 nitrogen and oxygen atoms in total. The molecule has 0 aliphatic heterocycles. The zero-order chi connectivity index (χ0) is 16.1. The van der Waals surface area contributed by atoms with Gasteiger partial charge in [-0.25, -0.2) is 0 Å². The van der Waals surface area contributed by atoms with Crippen LogP contribution in [0.2, 0.25) is 5.02 Å². The molecule has 0 saturated carbocycles. The van der Waals surface area contributed by atoms with Crippen molar-refractivity contribution in [2.75, 3.05) is 10.6 Å². The van der Waals surface area contributed by atoms with Crippen LogP contribution >= 0.6 is 23.8 Å². The Balaban J connectivity index is 1.58. The molecule has 0 aliphatic rings. The first kappa shape index (κ1) is 15.5. The minimum Gasteiger partial charge on any atom is -0.332 e. The number of para-hydroxylation sites is 1. The molecule has 0 atom stereocenters. The lowest BCUT2D eigenvalue weighted by molar-refractivity contribution is 0.690. The Labute approximate surface area is 145 Å². The van der Waals surface area contributed by atoms with Gasteiger partial charge in [0.2, 0.25) is 0 Å². The second-order valence-corrected chi connectivity index (χ2v) is 5.81. The Morgan fingerprint density at radius 3 is 2.48 bits per heavy atom. The van der Waals surface area contributed by atoms with E-state index in [0.29, 0.717) is 17.5 Å². The maximum absolute atomic E-state index is 5.89. The van der Waals surface area contributed by atoms with Gasteiger partial charge in [0.1, 0.15) is 0 Å². The Kier molecular flexibility index (Phi) is 4.90. The minimum atomic E-state index is 0.507. The van der Waals surface area contributed by atoms with E-state index in [9.17, 15) is 0 Å². The van der Waals surface area contributed by atoms with Gasteiger partial charge < -0.3 is 10.6 Å². The summed E-state index contributed by atoms with van der Waals surface area (Å²) < 4.78 is 1.84. The third kappa shape index (κ3) is 4.55. The van der Waals surface area contributed by atoms with E-state index in [-0.39, 0.29) is 0 Å². The lowest BCUT2D eigenvalue weighted by Gasteiger charge is -2.08. The summed E-state index contributed by atoms with van der Waals surface area (Å²) in [5.74, 6) is 0.701. The fourth-order valence-corrected chi connectivity index (χ4v) is 2.44. The van der Waals surface area contributed by atoms with Gasteiger partial charge >= 0.3 is 0 Å². The number of thiocarbonyl (C=S) groups is 1. The van der Waals surface area contributed by atoms with Crippen molar-refractivity contribution >= 4 is 40.4 Å². The molecule has 0 spiro atoms. The number of benzene rings is 2. The first-order valence-electron chi connectivity index (χ1n) is 7.10. The molecule has 0 unspecified atom stereocenters. The fourth-order valence-electron chi connectivity index (χ4n) is 2.09. The maximum Gasteiger partial charge on any atom is 0.176 e. The highest BCUT2D eigenvalue weighted by atomic mass is 35.5. The van der Waals surface area contributed by atoms with Crippen molar-refractivity contribution in [1.29, 1.82) is 0 Å². The van der Waals surface area contributed by atoms with Crippen LogP contribution in [0.4, 0.5) is 11.5 Å². The summed E-state index contributed by atoms with van der Waals surface area (Å²) in [6.45, 7) is 0.678. The van der Waals surface area contributed by atoms with Crippen LogP contribution in [0, 0.1) is 0 Å². The van der Waals surface area contributed by atoms with Crippen molar-refractivity contribution in [3.05, 3.63) is 77.4 Å². The Bertz CT molecular complexity index is 784. The number of nitrogens with one attached hydrogen (secondary N) is 2. The van der Waals surface area contributed by atoms with Crippen LogP contribution in [0.5, 0.6) is 0 Å². The summed E-state index contributed by atoms with van der Waals surface area (Å²) >= 11 is 11.2. The molecular formula is C17H15ClN4S. The smallest absolute Gasteiger partial charge is 0.176 e. The van der Waals surface area contributed by atoms with E-state index in [1.165, 1.54) is 0 Å². The highest BCUT2D eigenvalue weighted by molar-refractivity contribution is 7.80. The van der Waals surface area contributed by atoms with Crippen LogP contribution in [0.3, 0.4) is 0 Å². The second-order valence-electron chi connectivity index (χ2n) is 4.97. The number of halogens is 1. The highest BCUT2D eigenvalue weighted by Gasteiger charge is 2.03. The van der Waals surface area contributed by atoms with Gasteiger partial charge in [-0.2, -0.15) is 5.10 Å². The zero-order valence-electron chi connectivity index (χ0n) is 12.2. The van der Waals surface area contributed by atoms with E-state index in [1.54, 1.807) is 0 Å². The van der Waals surface area contributed by atoms with Gasteiger partial charge in [0, 0.05) is 23.0 Å². The molecule has 0 bridgehead atoms. The van der Waals surface area contributed by atoms with Crippen LogP contribution in [-0.4, -0.2) is 14.9 Å². The molecule has 1 aromatic heterocycles. The molecule has 1 heterocycles. The van der Waals surface area contributed by atoms with E-state index in [0.717, 1.165) is 16.3 Å². The normalized spacial score (nSPS) is 10.3. The minimum absolute atomic E-state index is 0.507. The van der Waals surface area contributed by atoms with E-state index in [4.69, 9.17) is 23.8 Å². The van der Waals surface area contributed by atoms with Crippen LogP contribution in [-0.2, 0) is 6.54 Å². The average Bonchev–Trinajstić information content (AvgIpc) is 2.97. The van der Waals surface area contributed by atoms with Crippen LogP contribution in [0.1, 0.15) is 5.56 Å². The van der Waals surface area contributed by atoms with Gasteiger partial charge in [-0.1, -0.05) is 41.9 Å². The van der Waals surface area contributed by atoms with Crippen molar-refractivity contribution < 1.29 is 0 Å². The molecule has 23 heavy (non-hydrogen) atoms. The molecule has 3 aromatic rings. The largest absolute Gasteiger partial charge is 0.332 e. The summed E-state index contributed by atoms with van der Waals surface area (Å²) in [5, 5.41) is 11.9. The SMILES string of the molecule is S=C(Nc1ccccc1)Nc1ccn(Cc2ccc(Cl)cc2)n1. The van der Waals surface area contributed by atoms with E-state index in [1.807, 2.05) is 71.5 Å². The first-order valence-corrected chi connectivity index (χ1v) is 7.88. The Hall–Kier alpha value is -2.37. The first-order chi connectivity index (χ1) is 11.2. The molecule has 2 aromatic carbocycles. The highest BCUT2D eigenvalue weighted by Crippen LogP contribution is 2.12.